The van der Waals surface area contributed by atoms with Crippen LogP contribution in [0.5, 0.6) is 0 Å². The highest BCUT2D eigenvalue weighted by molar-refractivity contribution is 7.90. The first-order valence-electron chi connectivity index (χ1n) is 5.93. The summed E-state index contributed by atoms with van der Waals surface area (Å²) >= 11 is 0. The lowest BCUT2D eigenvalue weighted by Gasteiger charge is -2.08. The van der Waals surface area contributed by atoms with Gasteiger partial charge >= 0.3 is 0 Å². The highest BCUT2D eigenvalue weighted by atomic mass is 32.2. The Morgan fingerprint density at radius 1 is 1.25 bits per heavy atom. The molecule has 4 N–H and O–H groups in total. The van der Waals surface area contributed by atoms with E-state index in [0.717, 1.165) is 6.07 Å². The molecular weight excluding hydrogens is 304 g/mol. The minimum absolute atomic E-state index is 0.160. The van der Waals surface area contributed by atoms with Crippen molar-refractivity contribution in [1.29, 1.82) is 0 Å². The minimum atomic E-state index is -3.95. The van der Waals surface area contributed by atoms with Crippen molar-refractivity contribution in [2.24, 2.45) is 5.14 Å². The van der Waals surface area contributed by atoms with Gasteiger partial charge in [-0.15, -0.1) is 0 Å². The molecule has 0 saturated heterocycles. The SMILES string of the molecule is CC(O)CCCNS(=O)(=O)c1cccc(S(N)(=O)=O)c1. The van der Waals surface area contributed by atoms with Gasteiger partial charge in [-0.05, 0) is 38.0 Å². The average molecular weight is 322 g/mol. The van der Waals surface area contributed by atoms with Gasteiger partial charge in [0.05, 0.1) is 15.9 Å². The van der Waals surface area contributed by atoms with Crippen LogP contribution < -0.4 is 9.86 Å². The van der Waals surface area contributed by atoms with Crippen LogP contribution in [0.25, 0.3) is 0 Å². The topological polar surface area (TPSA) is 127 Å². The number of nitrogens with one attached hydrogen (secondary N) is 1. The first-order valence-corrected chi connectivity index (χ1v) is 8.96. The van der Waals surface area contributed by atoms with E-state index in [1.54, 1.807) is 6.92 Å². The summed E-state index contributed by atoms with van der Waals surface area (Å²) in [5.74, 6) is 0. The Labute approximate surface area is 118 Å². The number of primary sulfonamides is 1. The van der Waals surface area contributed by atoms with Gasteiger partial charge in [0.15, 0.2) is 0 Å². The third-order valence-electron chi connectivity index (χ3n) is 2.54. The highest BCUT2D eigenvalue weighted by Gasteiger charge is 2.16. The fourth-order valence-electron chi connectivity index (χ4n) is 1.51. The van der Waals surface area contributed by atoms with Crippen molar-refractivity contribution >= 4 is 20.0 Å². The van der Waals surface area contributed by atoms with Crippen molar-refractivity contribution in [1.82, 2.24) is 4.72 Å². The molecule has 0 saturated carbocycles. The monoisotopic (exact) mass is 322 g/mol. The van der Waals surface area contributed by atoms with E-state index >= 15 is 0 Å². The molecule has 0 aliphatic heterocycles. The Kier molecular flexibility index (Phi) is 5.66. The van der Waals surface area contributed by atoms with Gasteiger partial charge in [-0.25, -0.2) is 26.7 Å². The number of aliphatic hydroxyl groups is 1. The normalized spacial score (nSPS) is 14.2. The second-order valence-electron chi connectivity index (χ2n) is 4.41. The number of rotatable bonds is 7. The minimum Gasteiger partial charge on any atom is -0.393 e. The zero-order valence-electron chi connectivity index (χ0n) is 11.0. The Morgan fingerprint density at radius 2 is 1.85 bits per heavy atom. The van der Waals surface area contributed by atoms with E-state index < -0.39 is 26.2 Å². The molecule has 0 bridgehead atoms. The Bertz CT molecular complexity index is 653. The molecule has 1 aromatic rings. The Hall–Kier alpha value is -1.00. The molecule has 0 aliphatic rings. The largest absolute Gasteiger partial charge is 0.393 e. The first-order chi connectivity index (χ1) is 9.13. The molecule has 1 aromatic carbocycles. The van der Waals surface area contributed by atoms with E-state index in [9.17, 15) is 16.8 Å². The lowest BCUT2D eigenvalue weighted by molar-refractivity contribution is 0.182. The number of hydrogen-bond donors (Lipinski definition) is 3. The highest BCUT2D eigenvalue weighted by Crippen LogP contribution is 2.14. The van der Waals surface area contributed by atoms with E-state index in [-0.39, 0.29) is 16.3 Å². The third kappa shape index (κ3) is 5.17. The maximum absolute atomic E-state index is 11.9. The molecule has 7 nitrogen and oxygen atoms in total. The molecule has 0 spiro atoms. The van der Waals surface area contributed by atoms with Crippen molar-refractivity contribution in [3.8, 4) is 0 Å². The van der Waals surface area contributed by atoms with E-state index in [1.807, 2.05) is 0 Å². The standard InChI is InChI=1S/C11H18N2O5S2/c1-9(14)4-3-7-13-20(17,18)11-6-2-5-10(8-11)19(12,15)16/h2,5-6,8-9,13-14H,3-4,7H2,1H3,(H2,12,15,16). The second kappa shape index (κ2) is 6.64. The zero-order chi connectivity index (χ0) is 15.4. The van der Waals surface area contributed by atoms with Crippen LogP contribution in [0.4, 0.5) is 0 Å². The van der Waals surface area contributed by atoms with Gasteiger partial charge in [0, 0.05) is 6.54 Å². The fourth-order valence-corrected chi connectivity index (χ4v) is 3.26. The smallest absolute Gasteiger partial charge is 0.240 e. The zero-order valence-corrected chi connectivity index (χ0v) is 12.6. The van der Waals surface area contributed by atoms with E-state index in [1.165, 1.54) is 18.2 Å². The van der Waals surface area contributed by atoms with Crippen LogP contribution in [-0.4, -0.2) is 34.6 Å². The maximum atomic E-state index is 11.9. The lowest BCUT2D eigenvalue weighted by Crippen LogP contribution is -2.25. The molecule has 1 atom stereocenters. The molecule has 114 valence electrons. The van der Waals surface area contributed by atoms with Gasteiger partial charge < -0.3 is 5.11 Å². The summed E-state index contributed by atoms with van der Waals surface area (Å²) in [5.41, 5.74) is 0. The lowest BCUT2D eigenvalue weighted by atomic mass is 10.2. The molecule has 0 heterocycles. The van der Waals surface area contributed by atoms with Gasteiger partial charge in [-0.3, -0.25) is 0 Å². The van der Waals surface area contributed by atoms with Gasteiger partial charge in [0.1, 0.15) is 0 Å². The fraction of sp³-hybridized carbons (Fsp3) is 0.455. The summed E-state index contributed by atoms with van der Waals surface area (Å²) in [6, 6.07) is 4.82. The van der Waals surface area contributed by atoms with E-state index in [0.29, 0.717) is 12.8 Å². The summed E-state index contributed by atoms with van der Waals surface area (Å²) in [6.45, 7) is 1.77. The van der Waals surface area contributed by atoms with Gasteiger partial charge in [0.2, 0.25) is 20.0 Å². The molecule has 20 heavy (non-hydrogen) atoms. The summed E-state index contributed by atoms with van der Waals surface area (Å²) in [4.78, 5) is -0.426. The van der Waals surface area contributed by atoms with Crippen LogP contribution >= 0.6 is 0 Å². The van der Waals surface area contributed by atoms with E-state index in [4.69, 9.17) is 10.2 Å². The third-order valence-corrected chi connectivity index (χ3v) is 4.90. The summed E-state index contributed by atoms with van der Waals surface area (Å²) in [6.07, 6.45) is 0.455. The molecule has 0 amide bonds. The molecule has 1 unspecified atom stereocenters. The van der Waals surface area contributed by atoms with E-state index in [2.05, 4.69) is 4.72 Å². The molecule has 9 heteroatoms. The molecule has 0 fully saturated rings. The molecule has 0 aliphatic carbocycles. The first kappa shape index (κ1) is 17.1. The van der Waals surface area contributed by atoms with Crippen molar-refractivity contribution in [2.75, 3.05) is 6.54 Å². The summed E-state index contributed by atoms with van der Waals surface area (Å²) in [7, 11) is -7.74. The molecule has 1 rings (SSSR count). The number of aliphatic hydroxyl groups excluding tert-OH is 1. The van der Waals surface area contributed by atoms with Crippen LogP contribution in [0.2, 0.25) is 0 Å². The number of sulfonamides is 2. The van der Waals surface area contributed by atoms with Crippen LogP contribution in [0.15, 0.2) is 34.1 Å². The quantitative estimate of drug-likeness (QED) is 0.598. The van der Waals surface area contributed by atoms with Crippen molar-refractivity contribution in [3.63, 3.8) is 0 Å². The van der Waals surface area contributed by atoms with Gasteiger partial charge in [-0.1, -0.05) is 6.07 Å². The van der Waals surface area contributed by atoms with Crippen LogP contribution in [-0.2, 0) is 20.0 Å². The van der Waals surface area contributed by atoms with Crippen molar-refractivity contribution in [2.45, 2.75) is 35.7 Å². The Morgan fingerprint density at radius 3 is 2.40 bits per heavy atom. The molecule has 0 aromatic heterocycles. The van der Waals surface area contributed by atoms with Crippen molar-refractivity contribution < 1.29 is 21.9 Å². The molecular formula is C11H18N2O5S2. The number of hydrogen-bond acceptors (Lipinski definition) is 5. The number of benzene rings is 1. The second-order valence-corrected chi connectivity index (χ2v) is 7.74. The predicted molar refractivity (Wildman–Crippen MR) is 73.9 cm³/mol. The van der Waals surface area contributed by atoms with Gasteiger partial charge in [-0.2, -0.15) is 0 Å². The van der Waals surface area contributed by atoms with Crippen LogP contribution in [0.1, 0.15) is 19.8 Å². The predicted octanol–water partition coefficient (Wildman–Crippen LogP) is -0.227. The Balaban J connectivity index is 2.83. The van der Waals surface area contributed by atoms with Crippen LogP contribution in [0.3, 0.4) is 0 Å². The maximum Gasteiger partial charge on any atom is 0.240 e. The number of nitrogens with two attached hydrogens (primary N) is 1. The van der Waals surface area contributed by atoms with Gasteiger partial charge in [0.25, 0.3) is 0 Å². The van der Waals surface area contributed by atoms with Crippen LogP contribution in [0, 0.1) is 0 Å². The average Bonchev–Trinajstić information content (AvgIpc) is 2.34. The summed E-state index contributed by atoms with van der Waals surface area (Å²) < 4.78 is 48.6. The summed E-state index contributed by atoms with van der Waals surface area (Å²) in [5, 5.41) is 14.0. The van der Waals surface area contributed by atoms with Crippen molar-refractivity contribution in [3.05, 3.63) is 24.3 Å². The molecule has 0 radical (unpaired) electrons.